The molecule has 0 heterocycles. The summed E-state index contributed by atoms with van der Waals surface area (Å²) in [6, 6.07) is 14.0. The Kier molecular flexibility index (Phi) is 13.5. The molecule has 2 aromatic rings. The van der Waals surface area contributed by atoms with Gasteiger partial charge in [-0.2, -0.15) is 0 Å². The highest BCUT2D eigenvalue weighted by Crippen LogP contribution is 2.27. The van der Waals surface area contributed by atoms with Crippen LogP contribution in [0.2, 0.25) is 0 Å². The largest absolute Gasteiger partial charge is 0.493 e. The van der Waals surface area contributed by atoms with E-state index in [2.05, 4.69) is 34.6 Å². The van der Waals surface area contributed by atoms with Gasteiger partial charge in [-0.05, 0) is 51.2 Å². The van der Waals surface area contributed by atoms with Crippen molar-refractivity contribution < 1.29 is 14.2 Å². The number of methoxy groups -OCH3 is 2. The van der Waals surface area contributed by atoms with E-state index in [1.54, 1.807) is 14.2 Å². The molecule has 0 radical (unpaired) electrons. The molecule has 0 spiro atoms. The van der Waals surface area contributed by atoms with Crippen LogP contribution in [0.3, 0.4) is 0 Å². The third-order valence-electron chi connectivity index (χ3n) is 4.67. The summed E-state index contributed by atoms with van der Waals surface area (Å²) in [5, 5.41) is 6.71. The van der Waals surface area contributed by atoms with Crippen molar-refractivity contribution in [2.75, 3.05) is 54.6 Å². The number of ether oxygens (including phenoxy) is 3. The Hall–Kier alpha value is -2.20. The summed E-state index contributed by atoms with van der Waals surface area (Å²) in [6.07, 6.45) is 0.842. The minimum atomic E-state index is 0. The summed E-state index contributed by atoms with van der Waals surface area (Å²) in [4.78, 5) is 6.84. The highest BCUT2D eigenvalue weighted by atomic mass is 127. The summed E-state index contributed by atoms with van der Waals surface area (Å²) in [6.45, 7) is 5.68. The third-order valence-corrected chi connectivity index (χ3v) is 4.67. The Morgan fingerprint density at radius 2 is 1.72 bits per heavy atom. The Morgan fingerprint density at radius 3 is 2.41 bits per heavy atom. The average Bonchev–Trinajstić information content (AvgIpc) is 2.77. The predicted octanol–water partition coefficient (Wildman–Crippen LogP) is 3.56. The summed E-state index contributed by atoms with van der Waals surface area (Å²) in [5.41, 5.74) is 2.24. The van der Waals surface area contributed by atoms with Crippen LogP contribution < -0.4 is 24.8 Å². The second-order valence-corrected chi connectivity index (χ2v) is 7.32. The first-order valence-corrected chi connectivity index (χ1v) is 10.7. The van der Waals surface area contributed by atoms with Gasteiger partial charge in [-0.1, -0.05) is 24.3 Å². The van der Waals surface area contributed by atoms with E-state index in [0.717, 1.165) is 54.8 Å². The number of halogens is 1. The van der Waals surface area contributed by atoms with Gasteiger partial charge in [0.1, 0.15) is 12.4 Å². The van der Waals surface area contributed by atoms with Crippen LogP contribution in [0.5, 0.6) is 17.2 Å². The van der Waals surface area contributed by atoms with Gasteiger partial charge in [0.15, 0.2) is 17.5 Å². The summed E-state index contributed by atoms with van der Waals surface area (Å²) < 4.78 is 16.6. The standard InChI is InChI=1S/C24H36N4O3.HI/c1-6-25-24(26-14-13-19-11-12-22(29-4)23(17-19)30-5)27-18-20-9-7-8-10-21(20)31-16-15-28(2)3;/h7-12,17H,6,13-16,18H2,1-5H3,(H2,25,26,27);1H. The maximum Gasteiger partial charge on any atom is 0.191 e. The molecule has 0 aliphatic carbocycles. The van der Waals surface area contributed by atoms with Gasteiger partial charge in [-0.15, -0.1) is 24.0 Å². The lowest BCUT2D eigenvalue weighted by atomic mass is 10.1. The fourth-order valence-electron chi connectivity index (χ4n) is 2.98. The van der Waals surface area contributed by atoms with E-state index in [4.69, 9.17) is 19.2 Å². The fourth-order valence-corrected chi connectivity index (χ4v) is 2.98. The first-order valence-electron chi connectivity index (χ1n) is 10.7. The predicted molar refractivity (Wildman–Crippen MR) is 142 cm³/mol. The lowest BCUT2D eigenvalue weighted by molar-refractivity contribution is 0.259. The van der Waals surface area contributed by atoms with Crippen LogP contribution in [0, 0.1) is 0 Å². The molecule has 0 aliphatic heterocycles. The minimum absolute atomic E-state index is 0. The zero-order chi connectivity index (χ0) is 22.5. The van der Waals surface area contributed by atoms with E-state index in [0.29, 0.717) is 13.2 Å². The van der Waals surface area contributed by atoms with Crippen LogP contribution in [0.4, 0.5) is 0 Å². The highest BCUT2D eigenvalue weighted by molar-refractivity contribution is 14.0. The van der Waals surface area contributed by atoms with E-state index in [9.17, 15) is 0 Å². The van der Waals surface area contributed by atoms with Crippen molar-refractivity contribution in [3.05, 3.63) is 53.6 Å². The molecule has 0 saturated heterocycles. The smallest absolute Gasteiger partial charge is 0.191 e. The van der Waals surface area contributed by atoms with Crippen LogP contribution in [-0.4, -0.2) is 65.4 Å². The molecule has 0 atom stereocenters. The second-order valence-electron chi connectivity index (χ2n) is 7.32. The van der Waals surface area contributed by atoms with Crippen molar-refractivity contribution in [3.8, 4) is 17.2 Å². The average molecular weight is 556 g/mol. The van der Waals surface area contributed by atoms with Crippen molar-refractivity contribution in [2.24, 2.45) is 4.99 Å². The zero-order valence-corrected chi connectivity index (χ0v) is 22.1. The summed E-state index contributed by atoms with van der Waals surface area (Å²) in [5.74, 6) is 3.15. The van der Waals surface area contributed by atoms with Gasteiger partial charge in [0, 0.05) is 25.2 Å². The Bertz CT molecular complexity index is 831. The summed E-state index contributed by atoms with van der Waals surface area (Å²) >= 11 is 0. The molecule has 178 valence electrons. The number of hydrogen-bond acceptors (Lipinski definition) is 5. The molecule has 2 N–H and O–H groups in total. The van der Waals surface area contributed by atoms with E-state index >= 15 is 0 Å². The molecular formula is C24H37IN4O3. The van der Waals surface area contributed by atoms with Crippen molar-refractivity contribution in [1.29, 1.82) is 0 Å². The van der Waals surface area contributed by atoms with Crippen LogP contribution in [0.25, 0.3) is 0 Å². The van der Waals surface area contributed by atoms with E-state index in [1.165, 1.54) is 5.56 Å². The van der Waals surface area contributed by atoms with Gasteiger partial charge in [0.25, 0.3) is 0 Å². The Balaban J connectivity index is 0.00000512. The maximum absolute atomic E-state index is 5.95. The molecule has 7 nitrogen and oxygen atoms in total. The molecular weight excluding hydrogens is 519 g/mol. The number of guanidine groups is 1. The topological polar surface area (TPSA) is 67.4 Å². The van der Waals surface area contributed by atoms with Crippen LogP contribution in [0.1, 0.15) is 18.1 Å². The lowest BCUT2D eigenvalue weighted by Crippen LogP contribution is -2.38. The zero-order valence-electron chi connectivity index (χ0n) is 19.8. The van der Waals surface area contributed by atoms with E-state index in [-0.39, 0.29) is 24.0 Å². The van der Waals surface area contributed by atoms with Gasteiger partial charge >= 0.3 is 0 Å². The molecule has 0 amide bonds. The number of benzene rings is 2. The molecule has 0 fully saturated rings. The Morgan fingerprint density at radius 1 is 0.969 bits per heavy atom. The molecule has 0 saturated carbocycles. The van der Waals surface area contributed by atoms with Gasteiger partial charge in [0.05, 0.1) is 20.8 Å². The lowest BCUT2D eigenvalue weighted by Gasteiger charge is -2.15. The molecule has 0 bridgehead atoms. The van der Waals surface area contributed by atoms with E-state index < -0.39 is 0 Å². The van der Waals surface area contributed by atoms with Crippen molar-refractivity contribution in [3.63, 3.8) is 0 Å². The van der Waals surface area contributed by atoms with Crippen LogP contribution in [0.15, 0.2) is 47.5 Å². The number of nitrogens with zero attached hydrogens (tertiary/aromatic N) is 2. The maximum atomic E-state index is 5.95. The molecule has 2 rings (SSSR count). The van der Waals surface area contributed by atoms with Gasteiger partial charge in [0.2, 0.25) is 0 Å². The molecule has 0 aliphatic rings. The van der Waals surface area contributed by atoms with Crippen LogP contribution in [-0.2, 0) is 13.0 Å². The van der Waals surface area contributed by atoms with Gasteiger partial charge < -0.3 is 29.7 Å². The van der Waals surface area contributed by atoms with Crippen molar-refractivity contribution >= 4 is 29.9 Å². The molecule has 0 unspecified atom stereocenters. The number of aliphatic imine (C=N–C) groups is 1. The highest BCUT2D eigenvalue weighted by Gasteiger charge is 2.06. The molecule has 2 aromatic carbocycles. The number of para-hydroxylation sites is 1. The minimum Gasteiger partial charge on any atom is -0.493 e. The Labute approximate surface area is 209 Å². The van der Waals surface area contributed by atoms with E-state index in [1.807, 2.05) is 44.4 Å². The summed E-state index contributed by atoms with van der Waals surface area (Å²) in [7, 11) is 7.37. The molecule has 8 heteroatoms. The fraction of sp³-hybridized carbons (Fsp3) is 0.458. The first kappa shape index (κ1) is 27.8. The number of nitrogens with one attached hydrogen (secondary N) is 2. The normalized spacial score (nSPS) is 11.0. The van der Waals surface area contributed by atoms with Crippen molar-refractivity contribution in [1.82, 2.24) is 15.5 Å². The van der Waals surface area contributed by atoms with Gasteiger partial charge in [-0.3, -0.25) is 0 Å². The first-order chi connectivity index (χ1) is 15.1. The van der Waals surface area contributed by atoms with Crippen LogP contribution >= 0.6 is 24.0 Å². The van der Waals surface area contributed by atoms with Gasteiger partial charge in [-0.25, -0.2) is 4.99 Å². The molecule has 32 heavy (non-hydrogen) atoms. The number of rotatable bonds is 12. The number of hydrogen-bond donors (Lipinski definition) is 2. The molecule has 0 aromatic heterocycles. The monoisotopic (exact) mass is 556 g/mol. The quantitative estimate of drug-likeness (QED) is 0.237. The number of likely N-dealkylation sites (N-methyl/N-ethyl adjacent to an activating group) is 1. The second kappa shape index (κ2) is 15.6. The third kappa shape index (κ3) is 9.52. The van der Waals surface area contributed by atoms with Crippen molar-refractivity contribution in [2.45, 2.75) is 19.9 Å². The SMILES string of the molecule is CCNC(=NCc1ccccc1OCCN(C)C)NCCc1ccc(OC)c(OC)c1.I.